The van der Waals surface area contributed by atoms with E-state index in [1.807, 2.05) is 0 Å². The number of pyridine rings is 1. The van der Waals surface area contributed by atoms with Gasteiger partial charge in [-0.2, -0.15) is 0 Å². The maximum Gasteiger partial charge on any atom is 0.146 e. The predicted octanol–water partition coefficient (Wildman–Crippen LogP) is 4.64. The van der Waals surface area contributed by atoms with Crippen molar-refractivity contribution in [2.75, 3.05) is 37.2 Å². The maximum atomic E-state index is 6.21. The summed E-state index contributed by atoms with van der Waals surface area (Å²) in [6.45, 7) is 10.5. The molecule has 0 aliphatic carbocycles. The summed E-state index contributed by atoms with van der Waals surface area (Å²) in [5.41, 5.74) is 0. The lowest BCUT2D eigenvalue weighted by atomic mass is 10.4. The van der Waals surface area contributed by atoms with Crippen molar-refractivity contribution in [2.24, 2.45) is 0 Å². The molecule has 1 aromatic heterocycles. The first-order valence-corrected chi connectivity index (χ1v) is 8.81. The van der Waals surface area contributed by atoms with Gasteiger partial charge in [-0.05, 0) is 25.6 Å². The van der Waals surface area contributed by atoms with Crippen LogP contribution in [0, 0.1) is 0 Å². The molecule has 0 aliphatic rings. The molecule has 3 nitrogen and oxygen atoms in total. The van der Waals surface area contributed by atoms with Crippen LogP contribution < -0.4 is 5.32 Å². The molecule has 20 heavy (non-hydrogen) atoms. The second-order valence-corrected chi connectivity index (χ2v) is 6.31. The molecule has 0 bridgehead atoms. The first-order valence-electron chi connectivity index (χ1n) is 7.07. The first-order chi connectivity index (χ1) is 9.62. The van der Waals surface area contributed by atoms with E-state index in [-0.39, 0.29) is 0 Å². The average Bonchev–Trinajstić information content (AvgIpc) is 2.44. The van der Waals surface area contributed by atoms with E-state index in [1.165, 1.54) is 0 Å². The van der Waals surface area contributed by atoms with Crippen LogP contribution in [0.3, 0.4) is 0 Å². The molecule has 0 fully saturated rings. The number of halogens is 2. The lowest BCUT2D eigenvalue weighted by Gasteiger charge is -2.17. The van der Waals surface area contributed by atoms with Gasteiger partial charge in [0.25, 0.3) is 0 Å². The summed E-state index contributed by atoms with van der Waals surface area (Å²) in [6.07, 6.45) is 1.03. The Bertz CT molecular complexity index is 412. The van der Waals surface area contributed by atoms with Gasteiger partial charge < -0.3 is 10.2 Å². The highest BCUT2D eigenvalue weighted by molar-refractivity contribution is 7.99. The average molecular weight is 336 g/mol. The lowest BCUT2D eigenvalue weighted by Crippen LogP contribution is -2.25. The number of anilines is 1. The number of aromatic nitrogens is 1. The van der Waals surface area contributed by atoms with Crippen LogP contribution in [-0.2, 0) is 0 Å². The van der Waals surface area contributed by atoms with E-state index in [0.29, 0.717) is 10.0 Å². The van der Waals surface area contributed by atoms with E-state index in [4.69, 9.17) is 23.2 Å². The number of hydrogen-bond donors (Lipinski definition) is 1. The van der Waals surface area contributed by atoms with E-state index in [1.54, 1.807) is 17.8 Å². The van der Waals surface area contributed by atoms with E-state index in [9.17, 15) is 0 Å². The van der Waals surface area contributed by atoms with Gasteiger partial charge in [0, 0.05) is 18.8 Å². The molecular weight excluding hydrogens is 313 g/mol. The Balaban J connectivity index is 2.64. The van der Waals surface area contributed by atoms with Crippen molar-refractivity contribution in [3.63, 3.8) is 0 Å². The van der Waals surface area contributed by atoms with Crippen LogP contribution in [0.5, 0.6) is 0 Å². The minimum Gasteiger partial charge on any atom is -0.369 e. The zero-order valence-electron chi connectivity index (χ0n) is 12.4. The van der Waals surface area contributed by atoms with Crippen molar-refractivity contribution in [3.05, 3.63) is 16.1 Å². The van der Waals surface area contributed by atoms with Crippen LogP contribution in [-0.4, -0.2) is 41.8 Å². The molecule has 114 valence electrons. The number of nitrogens with one attached hydrogen (secondary N) is 1. The Morgan fingerprint density at radius 1 is 1.20 bits per heavy atom. The standard InChI is InChI=1S/C14H23Cl2N3S/c1-4-7-17-13-11(15)10-12(16)14(18-13)20-9-8-19(5-2)6-3/h10H,4-9H2,1-3H3,(H,17,18). The molecule has 1 rings (SSSR count). The summed E-state index contributed by atoms with van der Waals surface area (Å²) in [4.78, 5) is 6.91. The van der Waals surface area contributed by atoms with E-state index in [0.717, 1.165) is 49.2 Å². The molecule has 6 heteroatoms. The van der Waals surface area contributed by atoms with Crippen LogP contribution in [0.1, 0.15) is 27.2 Å². The predicted molar refractivity (Wildman–Crippen MR) is 91.5 cm³/mol. The minimum absolute atomic E-state index is 0.580. The van der Waals surface area contributed by atoms with Gasteiger partial charge in [0.1, 0.15) is 10.8 Å². The minimum atomic E-state index is 0.580. The maximum absolute atomic E-state index is 6.21. The summed E-state index contributed by atoms with van der Waals surface area (Å²) in [5, 5.41) is 5.28. The second kappa shape index (κ2) is 9.72. The van der Waals surface area contributed by atoms with Crippen molar-refractivity contribution in [3.8, 4) is 0 Å². The third-order valence-electron chi connectivity index (χ3n) is 2.98. The molecule has 0 aliphatic heterocycles. The SMILES string of the molecule is CCCNc1nc(SCCN(CC)CC)c(Cl)cc1Cl. The van der Waals surface area contributed by atoms with Crippen LogP contribution in [0.2, 0.25) is 10.0 Å². The van der Waals surface area contributed by atoms with Gasteiger partial charge in [-0.25, -0.2) is 4.98 Å². The second-order valence-electron chi connectivity index (χ2n) is 4.41. The third kappa shape index (κ3) is 5.68. The fourth-order valence-corrected chi connectivity index (χ4v) is 3.21. The van der Waals surface area contributed by atoms with Crippen molar-refractivity contribution in [1.82, 2.24) is 9.88 Å². The highest BCUT2D eigenvalue weighted by atomic mass is 35.5. The van der Waals surface area contributed by atoms with Crippen molar-refractivity contribution in [1.29, 1.82) is 0 Å². The summed E-state index contributed by atoms with van der Waals surface area (Å²) in [7, 11) is 0. The molecule has 1 aromatic rings. The number of rotatable bonds is 9. The summed E-state index contributed by atoms with van der Waals surface area (Å²) in [6, 6.07) is 1.77. The van der Waals surface area contributed by atoms with E-state index < -0.39 is 0 Å². The van der Waals surface area contributed by atoms with E-state index >= 15 is 0 Å². The Morgan fingerprint density at radius 3 is 2.50 bits per heavy atom. The molecule has 0 spiro atoms. The molecule has 0 atom stereocenters. The Morgan fingerprint density at radius 2 is 1.90 bits per heavy atom. The molecule has 0 amide bonds. The van der Waals surface area contributed by atoms with E-state index in [2.05, 4.69) is 36.0 Å². The van der Waals surface area contributed by atoms with Crippen molar-refractivity contribution < 1.29 is 0 Å². The zero-order chi connectivity index (χ0) is 15.0. The fraction of sp³-hybridized carbons (Fsp3) is 0.643. The molecule has 0 radical (unpaired) electrons. The fourth-order valence-electron chi connectivity index (χ4n) is 1.73. The smallest absolute Gasteiger partial charge is 0.146 e. The third-order valence-corrected chi connectivity index (χ3v) is 4.64. The zero-order valence-corrected chi connectivity index (χ0v) is 14.7. The van der Waals surface area contributed by atoms with Crippen LogP contribution in [0.25, 0.3) is 0 Å². The summed E-state index contributed by atoms with van der Waals surface area (Å²) >= 11 is 14.0. The highest BCUT2D eigenvalue weighted by Crippen LogP contribution is 2.31. The Hall–Kier alpha value is -0.160. The number of nitrogens with zero attached hydrogens (tertiary/aromatic N) is 2. The van der Waals surface area contributed by atoms with Crippen LogP contribution in [0.4, 0.5) is 5.82 Å². The molecule has 0 saturated heterocycles. The first kappa shape index (κ1) is 17.9. The number of thioether (sulfide) groups is 1. The molecule has 1 heterocycles. The van der Waals surface area contributed by atoms with Gasteiger partial charge in [-0.3, -0.25) is 0 Å². The van der Waals surface area contributed by atoms with Gasteiger partial charge in [0.2, 0.25) is 0 Å². The van der Waals surface area contributed by atoms with Gasteiger partial charge in [0.15, 0.2) is 0 Å². The van der Waals surface area contributed by atoms with Crippen LogP contribution >= 0.6 is 35.0 Å². The van der Waals surface area contributed by atoms with Gasteiger partial charge in [0.05, 0.1) is 10.0 Å². The Labute approximate surface area is 136 Å². The molecule has 1 N–H and O–H groups in total. The van der Waals surface area contributed by atoms with Crippen molar-refractivity contribution in [2.45, 2.75) is 32.2 Å². The molecular formula is C14H23Cl2N3S. The molecule has 0 aromatic carbocycles. The quantitative estimate of drug-likeness (QED) is 0.665. The number of hydrogen-bond acceptors (Lipinski definition) is 4. The lowest BCUT2D eigenvalue weighted by molar-refractivity contribution is 0.324. The Kier molecular flexibility index (Phi) is 8.69. The van der Waals surface area contributed by atoms with Crippen LogP contribution in [0.15, 0.2) is 11.1 Å². The van der Waals surface area contributed by atoms with Gasteiger partial charge in [-0.15, -0.1) is 11.8 Å². The normalized spacial score (nSPS) is 11.1. The van der Waals surface area contributed by atoms with Crippen molar-refractivity contribution >= 4 is 40.8 Å². The summed E-state index contributed by atoms with van der Waals surface area (Å²) in [5.74, 6) is 1.70. The topological polar surface area (TPSA) is 28.2 Å². The highest BCUT2D eigenvalue weighted by Gasteiger charge is 2.10. The largest absolute Gasteiger partial charge is 0.369 e. The summed E-state index contributed by atoms with van der Waals surface area (Å²) < 4.78 is 0. The van der Waals surface area contributed by atoms with Gasteiger partial charge >= 0.3 is 0 Å². The monoisotopic (exact) mass is 335 g/mol. The molecule has 0 unspecified atom stereocenters. The van der Waals surface area contributed by atoms with Gasteiger partial charge in [-0.1, -0.05) is 44.0 Å². The molecule has 0 saturated carbocycles.